The Labute approximate surface area is 184 Å². The number of carbonyl (C=O) groups excluding carboxylic acids is 3. The maximum Gasteiger partial charge on any atom is 0.414 e. The minimum absolute atomic E-state index is 0.0500. The van der Waals surface area contributed by atoms with Gasteiger partial charge in [0.05, 0.1) is 23.5 Å². The number of hydrogen-bond donors (Lipinski definition) is 3. The fraction of sp³-hybridized carbons (Fsp3) is 0.318. The van der Waals surface area contributed by atoms with Crippen LogP contribution in [0.25, 0.3) is 0 Å². The Morgan fingerprint density at radius 3 is 3.00 bits per heavy atom. The van der Waals surface area contributed by atoms with Crippen molar-refractivity contribution in [3.05, 3.63) is 47.5 Å². The number of nitrogens with two attached hydrogens (primary N) is 1. The minimum Gasteiger partial charge on any atom is -0.444 e. The van der Waals surface area contributed by atoms with E-state index in [1.165, 1.54) is 11.8 Å². The minimum atomic E-state index is -0.406. The summed E-state index contributed by atoms with van der Waals surface area (Å²) in [6.45, 7) is 2.75. The molecular formula is C22H24N4O4S. The van der Waals surface area contributed by atoms with Gasteiger partial charge in [-0.1, -0.05) is 12.1 Å². The van der Waals surface area contributed by atoms with Gasteiger partial charge in [-0.3, -0.25) is 14.5 Å². The lowest BCUT2D eigenvalue weighted by atomic mass is 10.1. The molecule has 31 heavy (non-hydrogen) atoms. The number of hydrogen-bond acceptors (Lipinski definition) is 6. The van der Waals surface area contributed by atoms with Crippen LogP contribution in [-0.4, -0.2) is 42.9 Å². The number of anilines is 3. The van der Waals surface area contributed by atoms with Crippen molar-refractivity contribution in [3.8, 4) is 0 Å². The summed E-state index contributed by atoms with van der Waals surface area (Å²) in [4.78, 5) is 38.8. The molecule has 1 saturated heterocycles. The highest BCUT2D eigenvalue weighted by Crippen LogP contribution is 2.35. The number of nitrogen functional groups attached to an aromatic ring is 1. The fourth-order valence-electron chi connectivity index (χ4n) is 3.63. The Hall–Kier alpha value is -3.20. The number of thioether (sulfide) groups is 1. The number of nitrogens with one attached hydrogen (secondary N) is 2. The second-order valence-corrected chi connectivity index (χ2v) is 8.59. The van der Waals surface area contributed by atoms with Crippen molar-refractivity contribution in [3.63, 3.8) is 0 Å². The highest BCUT2D eigenvalue weighted by atomic mass is 32.2. The Morgan fingerprint density at radius 1 is 1.32 bits per heavy atom. The number of rotatable bonds is 6. The molecule has 1 atom stereocenters. The Bertz CT molecular complexity index is 1040. The van der Waals surface area contributed by atoms with Crippen LogP contribution >= 0.6 is 11.8 Å². The molecule has 3 amide bonds. The summed E-state index contributed by atoms with van der Waals surface area (Å²) in [5, 5.41) is 5.70. The Morgan fingerprint density at radius 2 is 2.16 bits per heavy atom. The zero-order valence-corrected chi connectivity index (χ0v) is 18.0. The van der Waals surface area contributed by atoms with Gasteiger partial charge in [-0.2, -0.15) is 0 Å². The highest BCUT2D eigenvalue weighted by Gasteiger charge is 2.32. The van der Waals surface area contributed by atoms with Crippen molar-refractivity contribution >= 4 is 46.7 Å². The molecule has 4 N–H and O–H groups in total. The Kier molecular flexibility index (Phi) is 6.03. The lowest BCUT2D eigenvalue weighted by molar-refractivity contribution is -0.113. The van der Waals surface area contributed by atoms with Crippen molar-refractivity contribution < 1.29 is 19.1 Å². The molecule has 2 aromatic rings. The molecule has 2 aromatic carbocycles. The van der Waals surface area contributed by atoms with E-state index in [9.17, 15) is 14.4 Å². The van der Waals surface area contributed by atoms with E-state index in [0.717, 1.165) is 10.5 Å². The summed E-state index contributed by atoms with van der Waals surface area (Å²) in [6, 6.07) is 10.9. The first-order valence-electron chi connectivity index (χ1n) is 10.1. The Balaban J connectivity index is 1.28. The van der Waals surface area contributed by atoms with Crippen LogP contribution in [0.15, 0.2) is 41.3 Å². The monoisotopic (exact) mass is 440 g/mol. The molecule has 9 heteroatoms. The van der Waals surface area contributed by atoms with E-state index >= 15 is 0 Å². The SMILES string of the molecule is Cc1cccc(C(=O)NCCC[C@H]2CN(c3ccc4c(c3)NC(=O)CS4)C(=O)O2)c1N. The van der Waals surface area contributed by atoms with E-state index in [1.54, 1.807) is 23.1 Å². The molecule has 0 aromatic heterocycles. The maximum atomic E-state index is 12.3. The van der Waals surface area contributed by atoms with Crippen LogP contribution in [0.1, 0.15) is 28.8 Å². The third-order valence-corrected chi connectivity index (χ3v) is 6.41. The van der Waals surface area contributed by atoms with Gasteiger partial charge in [-0.15, -0.1) is 11.8 Å². The number of carbonyl (C=O) groups is 3. The first-order chi connectivity index (χ1) is 14.9. The number of amides is 3. The highest BCUT2D eigenvalue weighted by molar-refractivity contribution is 8.00. The van der Waals surface area contributed by atoms with Crippen LogP contribution in [0, 0.1) is 6.92 Å². The van der Waals surface area contributed by atoms with Crippen molar-refractivity contribution in [2.45, 2.75) is 30.8 Å². The molecule has 0 spiro atoms. The summed E-state index contributed by atoms with van der Waals surface area (Å²) in [7, 11) is 0. The molecule has 8 nitrogen and oxygen atoms in total. The lowest BCUT2D eigenvalue weighted by Gasteiger charge is -2.20. The molecule has 0 unspecified atom stereocenters. The number of benzene rings is 2. The fourth-order valence-corrected chi connectivity index (χ4v) is 4.42. The third kappa shape index (κ3) is 4.61. The van der Waals surface area contributed by atoms with Crippen LogP contribution in [0.5, 0.6) is 0 Å². The lowest BCUT2D eigenvalue weighted by Crippen LogP contribution is -2.27. The van der Waals surface area contributed by atoms with Gasteiger partial charge in [0, 0.05) is 22.8 Å². The van der Waals surface area contributed by atoms with Gasteiger partial charge < -0.3 is 21.1 Å². The molecule has 1 fully saturated rings. The zero-order chi connectivity index (χ0) is 22.0. The van der Waals surface area contributed by atoms with Gasteiger partial charge >= 0.3 is 6.09 Å². The van der Waals surface area contributed by atoms with E-state index in [0.29, 0.717) is 54.3 Å². The number of aryl methyl sites for hydroxylation is 1. The van der Waals surface area contributed by atoms with Gasteiger partial charge in [0.25, 0.3) is 5.91 Å². The summed E-state index contributed by atoms with van der Waals surface area (Å²) in [6.07, 6.45) is 0.633. The quantitative estimate of drug-likeness (QED) is 0.470. The maximum absolute atomic E-state index is 12.3. The number of fused-ring (bicyclic) bond motifs is 1. The summed E-state index contributed by atoms with van der Waals surface area (Å²) < 4.78 is 5.48. The first-order valence-corrected chi connectivity index (χ1v) is 11.1. The van der Waals surface area contributed by atoms with Crippen molar-refractivity contribution in [1.82, 2.24) is 5.32 Å². The second-order valence-electron chi connectivity index (χ2n) is 7.57. The predicted molar refractivity (Wildman–Crippen MR) is 121 cm³/mol. The van der Waals surface area contributed by atoms with Gasteiger partial charge in [0.2, 0.25) is 5.91 Å². The second kappa shape index (κ2) is 8.89. The van der Waals surface area contributed by atoms with Gasteiger partial charge in [0.15, 0.2) is 0 Å². The molecule has 162 valence electrons. The van der Waals surface area contributed by atoms with Crippen LogP contribution in [0.4, 0.5) is 21.9 Å². The number of ether oxygens (including phenoxy) is 1. The summed E-state index contributed by atoms with van der Waals surface area (Å²) in [5.41, 5.74) is 9.20. The van der Waals surface area contributed by atoms with E-state index in [-0.39, 0.29) is 17.9 Å². The molecular weight excluding hydrogens is 416 g/mol. The average Bonchev–Trinajstić information content (AvgIpc) is 3.13. The molecule has 0 saturated carbocycles. The molecule has 2 aliphatic rings. The molecule has 4 rings (SSSR count). The van der Waals surface area contributed by atoms with Crippen molar-refractivity contribution in [1.29, 1.82) is 0 Å². The third-order valence-electron chi connectivity index (χ3n) is 5.34. The smallest absolute Gasteiger partial charge is 0.414 e. The summed E-state index contributed by atoms with van der Waals surface area (Å²) >= 11 is 1.48. The van der Waals surface area contributed by atoms with Crippen LogP contribution in [0.2, 0.25) is 0 Å². The van der Waals surface area contributed by atoms with Crippen LogP contribution < -0.4 is 21.3 Å². The first kappa shape index (κ1) is 21.0. The number of cyclic esters (lactones) is 1. The zero-order valence-electron chi connectivity index (χ0n) is 17.1. The van der Waals surface area contributed by atoms with Gasteiger partial charge in [-0.05, 0) is 49.6 Å². The van der Waals surface area contributed by atoms with E-state index in [2.05, 4.69) is 10.6 Å². The van der Waals surface area contributed by atoms with E-state index < -0.39 is 6.09 Å². The van der Waals surface area contributed by atoms with E-state index in [1.807, 2.05) is 25.1 Å². The molecule has 0 aliphatic carbocycles. The van der Waals surface area contributed by atoms with Crippen molar-refractivity contribution in [2.24, 2.45) is 0 Å². The molecule has 2 aliphatic heterocycles. The largest absolute Gasteiger partial charge is 0.444 e. The van der Waals surface area contributed by atoms with Crippen LogP contribution in [-0.2, 0) is 9.53 Å². The van der Waals surface area contributed by atoms with E-state index in [4.69, 9.17) is 10.5 Å². The van der Waals surface area contributed by atoms with Crippen LogP contribution in [0.3, 0.4) is 0 Å². The van der Waals surface area contributed by atoms with Gasteiger partial charge in [0.1, 0.15) is 6.10 Å². The average molecular weight is 441 g/mol. The number of para-hydroxylation sites is 1. The standard InChI is InChI=1S/C22H24N4O4S/c1-13-4-2-6-16(20(13)23)21(28)24-9-3-5-15-11-26(22(29)30-15)14-7-8-18-17(10-14)25-19(27)12-31-18/h2,4,6-8,10,15H,3,5,9,11-12,23H2,1H3,(H,24,28)(H,25,27)/t15-/m0/s1. The normalized spacial score (nSPS) is 17.7. The molecule has 2 heterocycles. The van der Waals surface area contributed by atoms with Crippen molar-refractivity contribution in [2.75, 3.05) is 34.8 Å². The number of nitrogens with zero attached hydrogens (tertiary/aromatic N) is 1. The molecule has 0 radical (unpaired) electrons. The topological polar surface area (TPSA) is 114 Å². The van der Waals surface area contributed by atoms with Gasteiger partial charge in [-0.25, -0.2) is 4.79 Å². The predicted octanol–water partition coefficient (Wildman–Crippen LogP) is 3.16. The molecule has 0 bridgehead atoms. The summed E-state index contributed by atoms with van der Waals surface area (Å²) in [5.74, 6) is 0.138.